The smallest absolute Gasteiger partial charge is 0.342 e. The van der Waals surface area contributed by atoms with Crippen molar-refractivity contribution in [3.8, 4) is 11.6 Å². The number of halogens is 6. The number of rotatable bonds is 4. The monoisotopic (exact) mass is 637 g/mol. The Kier molecular flexibility index (Phi) is 5.87. The van der Waals surface area contributed by atoms with Crippen molar-refractivity contribution in [2.24, 2.45) is 0 Å². The van der Waals surface area contributed by atoms with Gasteiger partial charge in [-0.3, -0.25) is 19.6 Å². The van der Waals surface area contributed by atoms with E-state index in [1.165, 1.54) is 33.9 Å². The number of hydrogen-bond acceptors (Lipinski definition) is 4. The van der Waals surface area contributed by atoms with Crippen LogP contribution in [0.3, 0.4) is 0 Å². The molecule has 0 spiro atoms. The van der Waals surface area contributed by atoms with Gasteiger partial charge in [0.05, 0.1) is 23.0 Å². The molecule has 4 heterocycles. The van der Waals surface area contributed by atoms with Crippen molar-refractivity contribution < 1.29 is 47.4 Å². The average molecular weight is 637 g/mol. The number of hydrogen-bond donors (Lipinski definition) is 0. The summed E-state index contributed by atoms with van der Waals surface area (Å²) in [4.78, 5) is 0. The van der Waals surface area contributed by atoms with Crippen molar-refractivity contribution in [2.45, 2.75) is 31.9 Å². The second-order valence-electron chi connectivity index (χ2n) is 6.87. The van der Waals surface area contributed by atoms with Gasteiger partial charge >= 0.3 is 33.4 Å². The fraction of sp³-hybridized carbons (Fsp3) is 0.294. The Balaban J connectivity index is 0.00000289. The minimum absolute atomic E-state index is 0. The van der Waals surface area contributed by atoms with Gasteiger partial charge in [0.2, 0.25) is 0 Å². The molecule has 4 rings (SSSR count). The third kappa shape index (κ3) is 4.36. The molecule has 0 radical (unpaired) electrons. The van der Waals surface area contributed by atoms with Crippen molar-refractivity contribution in [1.82, 2.24) is 39.1 Å². The Labute approximate surface area is 190 Å². The first-order valence-electron chi connectivity index (χ1n) is 8.59. The molecule has 0 bridgehead atoms. The molecular formula is C17H12F6N8Pt. The zero-order chi connectivity index (χ0) is 22.6. The van der Waals surface area contributed by atoms with Gasteiger partial charge in [0.1, 0.15) is 5.66 Å². The summed E-state index contributed by atoms with van der Waals surface area (Å²) in [5, 5.41) is 15.3. The summed E-state index contributed by atoms with van der Waals surface area (Å²) in [5.74, 6) is 0.178. The standard InChI is InChI=1S/C17H12F6N8.Pt/c1-15(2,30-9-5-13(26-30)28-7-3-11(24-28)16(18,19)20)31-10-6-14(27-31)29-8-4-12(25-29)17(21,22)23;/h3-6,9-10H,1-2H3;/q-2;+2. The van der Waals surface area contributed by atoms with Gasteiger partial charge < -0.3 is 9.36 Å². The molecule has 0 aliphatic rings. The second kappa shape index (κ2) is 7.91. The van der Waals surface area contributed by atoms with E-state index in [0.717, 1.165) is 9.36 Å². The first-order valence-corrected chi connectivity index (χ1v) is 8.59. The minimum Gasteiger partial charge on any atom is -0.342 e. The van der Waals surface area contributed by atoms with Crippen molar-refractivity contribution in [3.63, 3.8) is 0 Å². The SMILES string of the molecule is CC(C)(n1ccc(-n2[c-]cc(C(F)(F)F)n2)n1)n1ccc(-n2[c-]cc(C(F)(F)F)n2)n1.[Pt+2]. The Morgan fingerprint density at radius 3 is 1.38 bits per heavy atom. The molecular weight excluding hydrogens is 625 g/mol. The van der Waals surface area contributed by atoms with Crippen LogP contribution in [0.1, 0.15) is 25.2 Å². The molecule has 0 saturated carbocycles. The van der Waals surface area contributed by atoms with Crippen LogP contribution in [0.5, 0.6) is 0 Å². The molecule has 0 aliphatic carbocycles. The topological polar surface area (TPSA) is 71.3 Å². The summed E-state index contributed by atoms with van der Waals surface area (Å²) >= 11 is 0. The molecule has 0 unspecified atom stereocenters. The van der Waals surface area contributed by atoms with Gasteiger partial charge in [-0.25, -0.2) is 10.2 Å². The molecule has 0 saturated heterocycles. The molecule has 0 atom stereocenters. The van der Waals surface area contributed by atoms with Crippen LogP contribution in [0.15, 0.2) is 36.7 Å². The maximum Gasteiger partial charge on any atom is 2.00 e. The Morgan fingerprint density at radius 1 is 0.688 bits per heavy atom. The zero-order valence-corrected chi connectivity index (χ0v) is 18.4. The third-order valence-corrected chi connectivity index (χ3v) is 4.35. The molecule has 172 valence electrons. The summed E-state index contributed by atoms with van der Waals surface area (Å²) < 4.78 is 81.0. The normalized spacial score (nSPS) is 12.8. The van der Waals surface area contributed by atoms with E-state index < -0.39 is 29.4 Å². The summed E-state index contributed by atoms with van der Waals surface area (Å²) in [6, 6.07) is 4.29. The van der Waals surface area contributed by atoms with Gasteiger partial charge in [-0.1, -0.05) is 24.5 Å². The van der Waals surface area contributed by atoms with Crippen LogP contribution in [0.2, 0.25) is 0 Å². The second-order valence-corrected chi connectivity index (χ2v) is 6.87. The molecule has 32 heavy (non-hydrogen) atoms. The van der Waals surface area contributed by atoms with Crippen LogP contribution < -0.4 is 0 Å². The van der Waals surface area contributed by atoms with Crippen molar-refractivity contribution in [1.29, 1.82) is 0 Å². The predicted molar refractivity (Wildman–Crippen MR) is 91.1 cm³/mol. The van der Waals surface area contributed by atoms with Crippen LogP contribution in [0.25, 0.3) is 11.6 Å². The first-order chi connectivity index (χ1) is 14.4. The first kappa shape index (κ1) is 23.8. The van der Waals surface area contributed by atoms with E-state index in [1.54, 1.807) is 13.8 Å². The molecule has 8 nitrogen and oxygen atoms in total. The Bertz CT molecular complexity index is 1120. The summed E-state index contributed by atoms with van der Waals surface area (Å²) in [7, 11) is 0. The van der Waals surface area contributed by atoms with Crippen LogP contribution in [-0.2, 0) is 39.1 Å². The molecule has 4 aromatic rings. The maximum atomic E-state index is 12.7. The van der Waals surface area contributed by atoms with Crippen molar-refractivity contribution in [2.75, 3.05) is 0 Å². The van der Waals surface area contributed by atoms with Gasteiger partial charge in [-0.2, -0.15) is 26.3 Å². The third-order valence-electron chi connectivity index (χ3n) is 4.35. The molecule has 0 fully saturated rings. The van der Waals surface area contributed by atoms with Crippen molar-refractivity contribution in [3.05, 3.63) is 60.4 Å². The van der Waals surface area contributed by atoms with E-state index in [1.807, 2.05) is 0 Å². The number of nitrogens with zero attached hydrogens (tertiary/aromatic N) is 8. The molecule has 0 aromatic carbocycles. The predicted octanol–water partition coefficient (Wildman–Crippen LogP) is 3.33. The maximum absolute atomic E-state index is 12.7. The largest absolute Gasteiger partial charge is 2.00 e. The number of aromatic nitrogens is 8. The van der Waals surface area contributed by atoms with Gasteiger partial charge in [-0.15, -0.1) is 12.1 Å². The molecule has 0 aliphatic heterocycles. The fourth-order valence-electron chi connectivity index (χ4n) is 2.66. The van der Waals surface area contributed by atoms with Crippen LogP contribution in [0, 0.1) is 12.4 Å². The van der Waals surface area contributed by atoms with E-state index in [0.29, 0.717) is 12.1 Å². The minimum atomic E-state index is -4.61. The van der Waals surface area contributed by atoms with E-state index in [9.17, 15) is 26.3 Å². The van der Waals surface area contributed by atoms with Gasteiger partial charge in [-0.05, 0) is 13.8 Å². The van der Waals surface area contributed by atoms with E-state index >= 15 is 0 Å². The molecule has 4 aromatic heterocycles. The van der Waals surface area contributed by atoms with Gasteiger partial charge in [0, 0.05) is 12.4 Å². The van der Waals surface area contributed by atoms with Crippen LogP contribution >= 0.6 is 0 Å². The van der Waals surface area contributed by atoms with Gasteiger partial charge in [0.15, 0.2) is 0 Å². The number of alkyl halides is 6. The zero-order valence-electron chi connectivity index (χ0n) is 16.1. The molecule has 0 N–H and O–H groups in total. The van der Waals surface area contributed by atoms with Crippen molar-refractivity contribution >= 4 is 0 Å². The van der Waals surface area contributed by atoms with E-state index in [-0.39, 0.29) is 32.7 Å². The summed E-state index contributed by atoms with van der Waals surface area (Å²) in [6.07, 6.45) is -1.50. The van der Waals surface area contributed by atoms with Crippen LogP contribution in [-0.4, -0.2) is 39.1 Å². The fourth-order valence-corrected chi connectivity index (χ4v) is 2.66. The van der Waals surface area contributed by atoms with E-state index in [2.05, 4.69) is 32.8 Å². The summed E-state index contributed by atoms with van der Waals surface area (Å²) in [6.45, 7) is 3.39. The Morgan fingerprint density at radius 2 is 1.06 bits per heavy atom. The molecule has 15 heteroatoms. The van der Waals surface area contributed by atoms with Crippen LogP contribution in [0.4, 0.5) is 26.3 Å². The summed E-state index contributed by atoms with van der Waals surface area (Å²) in [5.41, 5.74) is -3.19. The Hall–Kier alpha value is -2.89. The average Bonchev–Trinajstić information content (AvgIpc) is 3.47. The van der Waals surface area contributed by atoms with E-state index in [4.69, 9.17) is 0 Å². The van der Waals surface area contributed by atoms with Gasteiger partial charge in [0.25, 0.3) is 0 Å². The molecule has 0 amide bonds. The quantitative estimate of drug-likeness (QED) is 0.255.